The predicted molar refractivity (Wildman–Crippen MR) is 56.3 cm³/mol. The van der Waals surface area contributed by atoms with E-state index in [1.165, 1.54) is 6.20 Å². The van der Waals surface area contributed by atoms with Crippen LogP contribution in [0.25, 0.3) is 10.9 Å². The summed E-state index contributed by atoms with van der Waals surface area (Å²) >= 11 is 0. The fourth-order valence-corrected chi connectivity index (χ4v) is 1.32. The molecule has 0 radical (unpaired) electrons. The summed E-state index contributed by atoms with van der Waals surface area (Å²) in [6.07, 6.45) is 1.30. The summed E-state index contributed by atoms with van der Waals surface area (Å²) < 4.78 is 40.5. The highest BCUT2D eigenvalue weighted by Gasteiger charge is 2.24. The van der Waals surface area contributed by atoms with Gasteiger partial charge in [-0.05, 0) is 12.1 Å². The van der Waals surface area contributed by atoms with Gasteiger partial charge in [0.1, 0.15) is 5.75 Å². The van der Waals surface area contributed by atoms with Gasteiger partial charge in [-0.15, -0.1) is 0 Å². The van der Waals surface area contributed by atoms with Gasteiger partial charge in [0, 0.05) is 5.39 Å². The second-order valence-electron chi connectivity index (χ2n) is 3.39. The number of pyridine rings is 1. The van der Waals surface area contributed by atoms with Gasteiger partial charge in [-0.3, -0.25) is 4.98 Å². The van der Waals surface area contributed by atoms with E-state index >= 15 is 0 Å². The number of nitrogens with zero attached hydrogens (tertiary/aromatic N) is 1. The van der Waals surface area contributed by atoms with Crippen molar-refractivity contribution in [2.24, 2.45) is 0 Å². The second-order valence-corrected chi connectivity index (χ2v) is 3.39. The molecule has 2 nitrogen and oxygen atoms in total. The molecule has 84 valence electrons. The maximum atomic E-state index is 12.0. The Hall–Kier alpha value is -1.72. The Balaban J connectivity index is 2.20. The lowest BCUT2D eigenvalue weighted by molar-refractivity contribution is 0.313. The first-order chi connectivity index (χ1) is 7.54. The van der Waals surface area contributed by atoms with Crippen molar-refractivity contribution < 1.29 is 17.7 Å². The molecule has 0 unspecified atom stereocenters. The van der Waals surface area contributed by atoms with Gasteiger partial charge in [0.15, 0.2) is 0 Å². The van der Waals surface area contributed by atoms with Crippen LogP contribution in [0.4, 0.5) is 12.9 Å². The summed E-state index contributed by atoms with van der Waals surface area (Å²) in [6, 6.07) is 8.71. The van der Waals surface area contributed by atoms with E-state index in [0.29, 0.717) is 0 Å². The molecule has 0 fully saturated rings. The van der Waals surface area contributed by atoms with Crippen LogP contribution in [0.2, 0.25) is 0 Å². The second kappa shape index (κ2) is 4.04. The zero-order valence-electron chi connectivity index (χ0n) is 8.24. The molecule has 0 aliphatic carbocycles. The van der Waals surface area contributed by atoms with Gasteiger partial charge in [0.2, 0.25) is 0 Å². The fourth-order valence-electron chi connectivity index (χ4n) is 1.32. The molecule has 0 aliphatic heterocycles. The summed E-state index contributed by atoms with van der Waals surface area (Å²) in [5.41, 5.74) is 0.729. The Morgan fingerprint density at radius 3 is 2.69 bits per heavy atom. The zero-order valence-corrected chi connectivity index (χ0v) is 8.24. The molecular weight excluding hydrogens is 218 g/mol. The molecule has 2 rings (SSSR count). The highest BCUT2D eigenvalue weighted by atomic mass is 19.4. The van der Waals surface area contributed by atoms with Crippen LogP contribution in [0.15, 0.2) is 36.5 Å². The minimum atomic E-state index is -4.93. The van der Waals surface area contributed by atoms with Crippen LogP contribution < -0.4 is 4.74 Å². The third kappa shape index (κ3) is 2.65. The maximum absolute atomic E-state index is 12.0. The molecule has 0 aliphatic rings. The van der Waals surface area contributed by atoms with Gasteiger partial charge >= 0.3 is 6.98 Å². The van der Waals surface area contributed by atoms with E-state index in [0.717, 1.165) is 10.9 Å². The highest BCUT2D eigenvalue weighted by molar-refractivity contribution is 6.58. The predicted octanol–water partition coefficient (Wildman–Crippen LogP) is 3.00. The Bertz CT molecular complexity index is 501. The minimum absolute atomic E-state index is 0.137. The monoisotopic (exact) mass is 226 g/mol. The Labute approximate surface area is 90.1 Å². The van der Waals surface area contributed by atoms with Crippen LogP contribution in [-0.2, 0) is 0 Å². The van der Waals surface area contributed by atoms with Crippen LogP contribution in [0.1, 0.15) is 0 Å². The average Bonchev–Trinajstić information content (AvgIpc) is 2.25. The van der Waals surface area contributed by atoms with Crippen molar-refractivity contribution in [3.8, 4) is 5.75 Å². The molecular formula is C10H8BF3NO-. The van der Waals surface area contributed by atoms with Crippen LogP contribution in [0, 0.1) is 0 Å². The Morgan fingerprint density at radius 2 is 1.94 bits per heavy atom. The lowest BCUT2D eigenvalue weighted by atomic mass is 9.95. The number of rotatable bonds is 3. The summed E-state index contributed by atoms with van der Waals surface area (Å²) in [5, 5.41) is 0.759. The largest absolute Gasteiger partial charge is 0.520 e. The summed E-state index contributed by atoms with van der Waals surface area (Å²) in [7, 11) is 0. The van der Waals surface area contributed by atoms with Crippen LogP contribution in [0.5, 0.6) is 5.75 Å². The number of hydrogen-bond donors (Lipinski definition) is 0. The average molecular weight is 226 g/mol. The van der Waals surface area contributed by atoms with Crippen molar-refractivity contribution in [3.63, 3.8) is 0 Å². The van der Waals surface area contributed by atoms with E-state index in [9.17, 15) is 12.9 Å². The first-order valence-corrected chi connectivity index (χ1v) is 4.73. The number of benzene rings is 1. The molecule has 0 bridgehead atoms. The molecule has 0 spiro atoms. The fraction of sp³-hybridized carbons (Fsp3) is 0.100. The molecule has 1 aromatic heterocycles. The molecule has 2 aromatic rings. The lowest BCUT2D eigenvalue weighted by Crippen LogP contribution is -2.26. The molecule has 0 amide bonds. The minimum Gasteiger partial charge on any atom is -0.520 e. The normalized spacial score (nSPS) is 11.7. The Morgan fingerprint density at radius 1 is 1.19 bits per heavy atom. The third-order valence-corrected chi connectivity index (χ3v) is 2.00. The summed E-state index contributed by atoms with van der Waals surface area (Å²) in [5.74, 6) is 0.137. The summed E-state index contributed by atoms with van der Waals surface area (Å²) in [4.78, 5) is 4.00. The van der Waals surface area contributed by atoms with Crippen molar-refractivity contribution in [1.29, 1.82) is 0 Å². The highest BCUT2D eigenvalue weighted by Crippen LogP contribution is 2.19. The molecule has 1 aromatic carbocycles. The topological polar surface area (TPSA) is 22.1 Å². The molecule has 0 saturated heterocycles. The number of fused-ring (bicyclic) bond motifs is 1. The van der Waals surface area contributed by atoms with Gasteiger partial charge in [0.05, 0.1) is 18.2 Å². The van der Waals surface area contributed by atoms with Crippen LogP contribution >= 0.6 is 0 Å². The van der Waals surface area contributed by atoms with Gasteiger partial charge in [-0.1, -0.05) is 18.2 Å². The molecule has 0 atom stereocenters. The van der Waals surface area contributed by atoms with Crippen LogP contribution in [0.3, 0.4) is 0 Å². The van der Waals surface area contributed by atoms with Gasteiger partial charge in [-0.2, -0.15) is 0 Å². The number of para-hydroxylation sites is 1. The molecule has 6 heteroatoms. The van der Waals surface area contributed by atoms with Crippen molar-refractivity contribution in [2.45, 2.75) is 0 Å². The SMILES string of the molecule is F[B-](F)(F)COc1cnc2ccccc2c1. The van der Waals surface area contributed by atoms with E-state index in [-0.39, 0.29) is 5.75 Å². The molecule has 1 heterocycles. The lowest BCUT2D eigenvalue weighted by Gasteiger charge is -2.14. The van der Waals surface area contributed by atoms with Gasteiger partial charge < -0.3 is 17.7 Å². The number of halogens is 3. The first kappa shape index (κ1) is 10.8. The van der Waals surface area contributed by atoms with Crippen LogP contribution in [-0.4, -0.2) is 18.5 Å². The van der Waals surface area contributed by atoms with E-state index in [1.54, 1.807) is 24.3 Å². The van der Waals surface area contributed by atoms with E-state index in [2.05, 4.69) is 9.72 Å². The first-order valence-electron chi connectivity index (χ1n) is 4.73. The Kier molecular flexibility index (Phi) is 2.72. The van der Waals surface area contributed by atoms with Crippen molar-refractivity contribution in [3.05, 3.63) is 36.5 Å². The van der Waals surface area contributed by atoms with E-state index in [4.69, 9.17) is 0 Å². The maximum Gasteiger partial charge on any atom is 0.515 e. The number of aromatic nitrogens is 1. The standard InChI is InChI=1S/C10H8BF3NO/c12-11(13,14)7-16-9-5-8-3-1-2-4-10(8)15-6-9/h1-6H,7H2/q-1. The van der Waals surface area contributed by atoms with Crippen molar-refractivity contribution in [2.75, 3.05) is 6.51 Å². The van der Waals surface area contributed by atoms with E-state index < -0.39 is 13.5 Å². The number of ether oxygens (including phenoxy) is 1. The summed E-state index contributed by atoms with van der Waals surface area (Å²) in [6.45, 7) is -6.16. The van der Waals surface area contributed by atoms with Gasteiger partial charge in [-0.25, -0.2) is 0 Å². The van der Waals surface area contributed by atoms with Crippen molar-refractivity contribution >= 4 is 17.9 Å². The number of hydrogen-bond acceptors (Lipinski definition) is 2. The van der Waals surface area contributed by atoms with Gasteiger partial charge in [0.25, 0.3) is 0 Å². The molecule has 16 heavy (non-hydrogen) atoms. The zero-order chi connectivity index (χ0) is 11.6. The molecule has 0 saturated carbocycles. The smallest absolute Gasteiger partial charge is 0.515 e. The van der Waals surface area contributed by atoms with E-state index in [1.807, 2.05) is 6.07 Å². The molecule has 0 N–H and O–H groups in total. The quantitative estimate of drug-likeness (QED) is 0.750. The third-order valence-electron chi connectivity index (χ3n) is 2.00. The van der Waals surface area contributed by atoms with Crippen molar-refractivity contribution in [1.82, 2.24) is 4.98 Å².